The molecule has 0 aromatic heterocycles. The zero-order chi connectivity index (χ0) is 55.7. The van der Waals surface area contributed by atoms with Crippen LogP contribution in [-0.4, -0.2) is 37.2 Å². The van der Waals surface area contributed by atoms with Crippen LogP contribution in [0.4, 0.5) is 0 Å². The number of unbranched alkanes of at least 4 members (excludes halogenated alkanes) is 44. The van der Waals surface area contributed by atoms with E-state index in [9.17, 15) is 14.4 Å². The standard InChI is InChI=1S/C71H130O6/c1-4-7-10-13-16-19-22-25-27-29-31-33-34-35-36-38-39-41-43-46-49-52-55-58-61-64-70(73)76-67-68(66-75-69(72)63-60-57-54-51-48-45-24-21-18-15-12-9-6-3)77-71(74)65-62-59-56-53-50-47-44-42-40-37-32-30-28-26-23-20-17-14-11-8-5-2/h21-22,24-25,29-32,68H,4-20,23,26-28,33-67H2,1-3H3/b24-21-,25-22-,31-29-,32-30-. The molecule has 0 aliphatic carbocycles. The van der Waals surface area contributed by atoms with Gasteiger partial charge in [0.05, 0.1) is 0 Å². The fourth-order valence-corrected chi connectivity index (χ4v) is 10.1. The molecule has 0 bridgehead atoms. The van der Waals surface area contributed by atoms with E-state index in [1.165, 1.54) is 257 Å². The third-order valence-electron chi connectivity index (χ3n) is 15.3. The first kappa shape index (κ1) is 74.4. The third-order valence-corrected chi connectivity index (χ3v) is 15.3. The van der Waals surface area contributed by atoms with Crippen molar-refractivity contribution in [1.82, 2.24) is 0 Å². The molecule has 450 valence electrons. The van der Waals surface area contributed by atoms with E-state index in [1.807, 2.05) is 0 Å². The summed E-state index contributed by atoms with van der Waals surface area (Å²) >= 11 is 0. The molecule has 6 nitrogen and oxygen atoms in total. The van der Waals surface area contributed by atoms with Crippen LogP contribution in [0.5, 0.6) is 0 Å². The molecular weight excluding hydrogens is 949 g/mol. The molecule has 0 aromatic carbocycles. The van der Waals surface area contributed by atoms with Crippen LogP contribution < -0.4 is 0 Å². The molecule has 0 fully saturated rings. The predicted molar refractivity (Wildman–Crippen MR) is 335 cm³/mol. The highest BCUT2D eigenvalue weighted by atomic mass is 16.6. The molecule has 1 atom stereocenters. The average Bonchev–Trinajstić information content (AvgIpc) is 3.43. The van der Waals surface area contributed by atoms with Gasteiger partial charge >= 0.3 is 17.9 Å². The summed E-state index contributed by atoms with van der Waals surface area (Å²) in [7, 11) is 0. The van der Waals surface area contributed by atoms with Gasteiger partial charge in [-0.25, -0.2) is 0 Å². The molecule has 77 heavy (non-hydrogen) atoms. The average molecular weight is 1080 g/mol. The first-order valence-electron chi connectivity index (χ1n) is 34.1. The fraction of sp³-hybridized carbons (Fsp3) is 0.845. The van der Waals surface area contributed by atoms with Gasteiger partial charge in [-0.15, -0.1) is 0 Å². The Morgan fingerprint density at radius 1 is 0.260 bits per heavy atom. The third kappa shape index (κ3) is 64.1. The monoisotopic (exact) mass is 1080 g/mol. The Morgan fingerprint density at radius 3 is 0.740 bits per heavy atom. The lowest BCUT2D eigenvalue weighted by Crippen LogP contribution is -2.30. The van der Waals surface area contributed by atoms with E-state index < -0.39 is 6.10 Å². The minimum absolute atomic E-state index is 0.0740. The van der Waals surface area contributed by atoms with Crippen molar-refractivity contribution in [1.29, 1.82) is 0 Å². The van der Waals surface area contributed by atoms with E-state index >= 15 is 0 Å². The van der Waals surface area contributed by atoms with Crippen LogP contribution in [0.3, 0.4) is 0 Å². The van der Waals surface area contributed by atoms with E-state index in [-0.39, 0.29) is 31.1 Å². The smallest absolute Gasteiger partial charge is 0.306 e. The summed E-state index contributed by atoms with van der Waals surface area (Å²) in [6.45, 7) is 6.66. The Hall–Kier alpha value is -2.63. The van der Waals surface area contributed by atoms with E-state index in [0.717, 1.165) is 70.6 Å². The highest BCUT2D eigenvalue weighted by Crippen LogP contribution is 2.17. The maximum atomic E-state index is 12.9. The van der Waals surface area contributed by atoms with Gasteiger partial charge in [0.1, 0.15) is 13.2 Å². The zero-order valence-corrected chi connectivity index (χ0v) is 51.7. The molecule has 0 spiro atoms. The quantitative estimate of drug-likeness (QED) is 0.0261. The molecule has 0 rings (SSSR count). The summed E-state index contributed by atoms with van der Waals surface area (Å²) in [5.41, 5.74) is 0. The minimum atomic E-state index is -0.778. The van der Waals surface area contributed by atoms with Gasteiger partial charge in [0, 0.05) is 19.3 Å². The Morgan fingerprint density at radius 2 is 0.468 bits per heavy atom. The van der Waals surface area contributed by atoms with Crippen molar-refractivity contribution in [2.45, 2.75) is 374 Å². The maximum absolute atomic E-state index is 12.9. The highest BCUT2D eigenvalue weighted by molar-refractivity contribution is 5.71. The van der Waals surface area contributed by atoms with Crippen molar-refractivity contribution in [2.24, 2.45) is 0 Å². The SMILES string of the molecule is CCCCCC/C=C\CCCCCCCC(=O)OCC(COC(=O)CCCCCCCCCCCCCCC/C=C\C/C=C\CCCCCCC)OC(=O)CCCCCCCCCCC/C=C\CCCCCCCCCC. The van der Waals surface area contributed by atoms with Gasteiger partial charge in [-0.3, -0.25) is 14.4 Å². The van der Waals surface area contributed by atoms with Gasteiger partial charge in [0.25, 0.3) is 0 Å². The van der Waals surface area contributed by atoms with Crippen LogP contribution >= 0.6 is 0 Å². The topological polar surface area (TPSA) is 78.9 Å². The number of hydrogen-bond donors (Lipinski definition) is 0. The lowest BCUT2D eigenvalue weighted by Gasteiger charge is -2.18. The lowest BCUT2D eigenvalue weighted by molar-refractivity contribution is -0.167. The number of carbonyl (C=O) groups excluding carboxylic acids is 3. The van der Waals surface area contributed by atoms with E-state index in [0.29, 0.717) is 19.3 Å². The summed E-state index contributed by atoms with van der Waals surface area (Å²) in [5, 5.41) is 0. The van der Waals surface area contributed by atoms with Gasteiger partial charge in [0.15, 0.2) is 6.10 Å². The number of esters is 3. The number of allylic oxidation sites excluding steroid dienone is 8. The maximum Gasteiger partial charge on any atom is 0.306 e. The molecule has 0 amide bonds. The molecule has 0 aromatic rings. The van der Waals surface area contributed by atoms with Crippen LogP contribution in [0.1, 0.15) is 367 Å². The van der Waals surface area contributed by atoms with E-state index in [4.69, 9.17) is 14.2 Å². The molecule has 0 saturated carbocycles. The van der Waals surface area contributed by atoms with Crippen molar-refractivity contribution in [3.8, 4) is 0 Å². The van der Waals surface area contributed by atoms with E-state index in [2.05, 4.69) is 69.4 Å². The Bertz CT molecular complexity index is 1330. The summed E-state index contributed by atoms with van der Waals surface area (Å²) < 4.78 is 17.0. The van der Waals surface area contributed by atoms with Crippen LogP contribution in [0.2, 0.25) is 0 Å². The normalized spacial score (nSPS) is 12.3. The minimum Gasteiger partial charge on any atom is -0.462 e. The molecule has 0 aliphatic rings. The summed E-state index contributed by atoms with van der Waals surface area (Å²) in [5.74, 6) is -0.864. The largest absolute Gasteiger partial charge is 0.462 e. The molecule has 0 N–H and O–H groups in total. The van der Waals surface area contributed by atoms with Crippen molar-refractivity contribution < 1.29 is 28.6 Å². The van der Waals surface area contributed by atoms with Crippen LogP contribution in [0.15, 0.2) is 48.6 Å². The second-order valence-corrected chi connectivity index (χ2v) is 23.1. The predicted octanol–water partition coefficient (Wildman–Crippen LogP) is 23.3. The van der Waals surface area contributed by atoms with Gasteiger partial charge in [-0.2, -0.15) is 0 Å². The van der Waals surface area contributed by atoms with Crippen LogP contribution in [0, 0.1) is 0 Å². The van der Waals surface area contributed by atoms with Gasteiger partial charge in [-0.05, 0) is 103 Å². The molecular formula is C71H130O6. The number of rotatable bonds is 63. The summed E-state index contributed by atoms with van der Waals surface area (Å²) in [6, 6.07) is 0. The van der Waals surface area contributed by atoms with Crippen LogP contribution in [-0.2, 0) is 28.6 Å². The summed E-state index contributed by atoms with van der Waals surface area (Å²) in [4.78, 5) is 38.4. The molecule has 0 heterocycles. The summed E-state index contributed by atoms with van der Waals surface area (Å²) in [6.07, 6.45) is 82.7. The highest BCUT2D eigenvalue weighted by Gasteiger charge is 2.19. The zero-order valence-electron chi connectivity index (χ0n) is 51.7. The Balaban J connectivity index is 4.27. The first-order valence-corrected chi connectivity index (χ1v) is 34.1. The molecule has 0 aliphatic heterocycles. The van der Waals surface area contributed by atoms with E-state index in [1.54, 1.807) is 0 Å². The fourth-order valence-electron chi connectivity index (χ4n) is 10.1. The Labute approximate surface area is 479 Å². The lowest BCUT2D eigenvalue weighted by atomic mass is 10.0. The van der Waals surface area contributed by atoms with Crippen molar-refractivity contribution >= 4 is 17.9 Å². The van der Waals surface area contributed by atoms with Crippen molar-refractivity contribution in [3.63, 3.8) is 0 Å². The first-order chi connectivity index (χ1) is 38.0. The van der Waals surface area contributed by atoms with Gasteiger partial charge < -0.3 is 14.2 Å². The number of hydrogen-bond acceptors (Lipinski definition) is 6. The number of ether oxygens (including phenoxy) is 3. The Kier molecular flexibility index (Phi) is 63.6. The molecule has 1 unspecified atom stereocenters. The van der Waals surface area contributed by atoms with Gasteiger partial charge in [-0.1, -0.05) is 294 Å². The van der Waals surface area contributed by atoms with Crippen LogP contribution in [0.25, 0.3) is 0 Å². The molecule has 0 saturated heterocycles. The molecule has 6 heteroatoms. The van der Waals surface area contributed by atoms with Crippen molar-refractivity contribution in [2.75, 3.05) is 13.2 Å². The second-order valence-electron chi connectivity index (χ2n) is 23.1. The van der Waals surface area contributed by atoms with Crippen molar-refractivity contribution in [3.05, 3.63) is 48.6 Å². The van der Waals surface area contributed by atoms with Gasteiger partial charge in [0.2, 0.25) is 0 Å². The second kappa shape index (κ2) is 65.9. The molecule has 0 radical (unpaired) electrons. The number of carbonyl (C=O) groups is 3.